The van der Waals surface area contributed by atoms with Gasteiger partial charge in [-0.05, 0) is 44.1 Å². The predicted octanol–water partition coefficient (Wildman–Crippen LogP) is 3.95. The van der Waals surface area contributed by atoms with Gasteiger partial charge in [0.25, 0.3) is 5.91 Å². The number of benzene rings is 1. The van der Waals surface area contributed by atoms with Crippen LogP contribution in [-0.4, -0.2) is 53.1 Å². The molecule has 0 bridgehead atoms. The maximum absolute atomic E-state index is 13.6. The van der Waals surface area contributed by atoms with Gasteiger partial charge in [0.05, 0.1) is 24.4 Å². The molecule has 0 saturated carbocycles. The van der Waals surface area contributed by atoms with Crippen molar-refractivity contribution in [3.63, 3.8) is 0 Å². The van der Waals surface area contributed by atoms with Crippen molar-refractivity contribution in [2.75, 3.05) is 13.2 Å². The van der Waals surface area contributed by atoms with Crippen molar-refractivity contribution in [3.05, 3.63) is 42.0 Å². The van der Waals surface area contributed by atoms with Gasteiger partial charge in [-0.25, -0.2) is 10.3 Å². The lowest BCUT2D eigenvalue weighted by Crippen LogP contribution is -2.55. The molecule has 1 saturated heterocycles. The monoisotopic (exact) mass is 570 g/mol. The second-order valence-corrected chi connectivity index (χ2v) is 11.2. The Labute approximate surface area is 235 Å². The first-order valence-corrected chi connectivity index (χ1v) is 13.9. The van der Waals surface area contributed by atoms with E-state index >= 15 is 0 Å². The molecule has 0 aliphatic carbocycles. The molecule has 2 rings (SSSR count). The van der Waals surface area contributed by atoms with Crippen molar-refractivity contribution in [1.82, 2.24) is 15.9 Å². The largest absolute Gasteiger partial charge is 0.350 e. The summed E-state index contributed by atoms with van der Waals surface area (Å²) in [6, 6.07) is 8.76. The third-order valence-corrected chi connectivity index (χ3v) is 6.31. The minimum absolute atomic E-state index is 0.0770. The van der Waals surface area contributed by atoms with E-state index in [2.05, 4.69) is 10.9 Å². The smallest absolute Gasteiger partial charge is 0.257 e. The molecule has 3 amide bonds. The van der Waals surface area contributed by atoms with Crippen LogP contribution >= 0.6 is 23.2 Å². The SMILES string of the molecule is CC(C)C[C@@H](C(=O)NN(CC(Cl)Cl)C(=O)[C@@H](C)N)[C@H](C/C=C/c1ccccc1)C(=O)NOC1CCCCO1. The summed E-state index contributed by atoms with van der Waals surface area (Å²) in [5, 5.41) is 1.02. The topological polar surface area (TPSA) is 123 Å². The van der Waals surface area contributed by atoms with Crippen LogP contribution in [0.25, 0.3) is 6.08 Å². The van der Waals surface area contributed by atoms with Crippen LogP contribution in [0.15, 0.2) is 36.4 Å². The number of nitrogens with one attached hydrogen (secondary N) is 2. The quantitative estimate of drug-likeness (QED) is 0.243. The second-order valence-electron chi connectivity index (χ2n) is 9.88. The number of rotatable bonds is 13. The number of carbonyl (C=O) groups is 3. The van der Waals surface area contributed by atoms with Gasteiger partial charge < -0.3 is 10.5 Å². The molecule has 0 aromatic heterocycles. The lowest BCUT2D eigenvalue weighted by molar-refractivity contribution is -0.203. The summed E-state index contributed by atoms with van der Waals surface area (Å²) in [4.78, 5) is 44.2. The third-order valence-electron chi connectivity index (χ3n) is 6.03. The fourth-order valence-corrected chi connectivity index (χ4v) is 4.40. The average Bonchev–Trinajstić information content (AvgIpc) is 2.88. The average molecular weight is 572 g/mol. The number of ether oxygens (including phenoxy) is 1. The molecule has 38 heavy (non-hydrogen) atoms. The van der Waals surface area contributed by atoms with E-state index in [1.54, 1.807) is 0 Å². The highest BCUT2D eigenvalue weighted by Gasteiger charge is 2.36. The van der Waals surface area contributed by atoms with Crippen LogP contribution in [0.4, 0.5) is 0 Å². The second kappa shape index (κ2) is 16.7. The van der Waals surface area contributed by atoms with Crippen LogP contribution in [0.3, 0.4) is 0 Å². The van der Waals surface area contributed by atoms with Crippen LogP contribution in [0.2, 0.25) is 0 Å². The molecule has 1 fully saturated rings. The molecule has 9 nitrogen and oxygen atoms in total. The van der Waals surface area contributed by atoms with Gasteiger partial charge in [0.2, 0.25) is 11.8 Å². The standard InChI is InChI=1S/C27H40Cl2N4O5/c1-18(2)16-22(25(34)31-33(17-23(28)29)27(36)19(3)30)21(13-9-12-20-10-5-4-6-11-20)26(35)32-38-24-14-7-8-15-37-24/h4-6,9-12,18-19,21-24H,7-8,13-17,30H2,1-3H3,(H,31,34)(H,32,35)/b12-9+/t19-,21+,22-,24?/m1/s1. The lowest BCUT2D eigenvalue weighted by Gasteiger charge is -2.31. The minimum Gasteiger partial charge on any atom is -0.350 e. The highest BCUT2D eigenvalue weighted by Crippen LogP contribution is 2.26. The molecule has 4 N–H and O–H groups in total. The number of amides is 3. The molecule has 0 spiro atoms. The maximum atomic E-state index is 13.6. The number of nitrogens with zero attached hydrogens (tertiary/aromatic N) is 1. The number of hydrogen-bond acceptors (Lipinski definition) is 6. The maximum Gasteiger partial charge on any atom is 0.257 e. The van der Waals surface area contributed by atoms with Crippen LogP contribution in [0.1, 0.15) is 58.4 Å². The third kappa shape index (κ3) is 11.3. The summed E-state index contributed by atoms with van der Waals surface area (Å²) in [5.41, 5.74) is 11.8. The number of hydroxylamine groups is 1. The van der Waals surface area contributed by atoms with Crippen molar-refractivity contribution in [2.45, 2.75) is 70.0 Å². The van der Waals surface area contributed by atoms with Crippen LogP contribution in [0, 0.1) is 17.8 Å². The van der Waals surface area contributed by atoms with E-state index in [0.29, 0.717) is 19.4 Å². The van der Waals surface area contributed by atoms with Crippen molar-refractivity contribution in [1.29, 1.82) is 0 Å². The summed E-state index contributed by atoms with van der Waals surface area (Å²) in [5.74, 6) is -3.02. The van der Waals surface area contributed by atoms with E-state index in [1.165, 1.54) is 6.92 Å². The van der Waals surface area contributed by atoms with E-state index in [4.69, 9.17) is 38.5 Å². The fourth-order valence-electron chi connectivity index (χ4n) is 4.12. The van der Waals surface area contributed by atoms with Gasteiger partial charge in [-0.2, -0.15) is 0 Å². The van der Waals surface area contributed by atoms with Gasteiger partial charge in [0.15, 0.2) is 6.29 Å². The number of carbonyl (C=O) groups excluding carboxylic acids is 3. The number of allylic oxidation sites excluding steroid dienone is 1. The molecule has 11 heteroatoms. The summed E-state index contributed by atoms with van der Waals surface area (Å²) in [6.07, 6.45) is 6.41. The highest BCUT2D eigenvalue weighted by atomic mass is 35.5. The zero-order valence-corrected chi connectivity index (χ0v) is 23.8. The molecule has 1 aromatic rings. The van der Waals surface area contributed by atoms with E-state index in [0.717, 1.165) is 23.4 Å². The Bertz CT molecular complexity index is 908. The van der Waals surface area contributed by atoms with Crippen molar-refractivity contribution in [2.24, 2.45) is 23.5 Å². The number of hydrazine groups is 1. The van der Waals surface area contributed by atoms with E-state index in [9.17, 15) is 14.4 Å². The number of hydrogen-bond donors (Lipinski definition) is 3. The molecular formula is C27H40Cl2N4O5. The van der Waals surface area contributed by atoms with Crippen molar-refractivity contribution >= 4 is 47.0 Å². The number of nitrogens with two attached hydrogens (primary N) is 1. The molecule has 212 valence electrons. The van der Waals surface area contributed by atoms with Gasteiger partial charge in [0, 0.05) is 13.0 Å². The summed E-state index contributed by atoms with van der Waals surface area (Å²) in [6.45, 7) is 5.82. The van der Waals surface area contributed by atoms with E-state index in [-0.39, 0.29) is 18.9 Å². The Morgan fingerprint density at radius 1 is 1.13 bits per heavy atom. The first kappa shape index (κ1) is 32.0. The zero-order chi connectivity index (χ0) is 28.1. The Kier molecular flexibility index (Phi) is 14.1. The Morgan fingerprint density at radius 3 is 2.42 bits per heavy atom. The minimum atomic E-state index is -0.946. The van der Waals surface area contributed by atoms with Gasteiger partial charge in [0.1, 0.15) is 4.84 Å². The normalized spacial score (nSPS) is 18.3. The van der Waals surface area contributed by atoms with Crippen molar-refractivity contribution < 1.29 is 24.0 Å². The molecule has 1 unspecified atom stereocenters. The molecule has 1 aromatic carbocycles. The van der Waals surface area contributed by atoms with Gasteiger partial charge in [-0.15, -0.1) is 23.2 Å². The summed E-state index contributed by atoms with van der Waals surface area (Å²) < 4.78 is 5.55. The summed E-state index contributed by atoms with van der Waals surface area (Å²) in [7, 11) is 0. The van der Waals surface area contributed by atoms with E-state index in [1.807, 2.05) is 56.3 Å². The van der Waals surface area contributed by atoms with Gasteiger partial charge in [-0.1, -0.05) is 56.3 Å². The molecule has 0 radical (unpaired) electrons. The van der Waals surface area contributed by atoms with E-state index < -0.39 is 46.7 Å². The lowest BCUT2D eigenvalue weighted by atomic mass is 9.82. The molecule has 1 aliphatic heterocycles. The van der Waals surface area contributed by atoms with Gasteiger partial charge >= 0.3 is 0 Å². The van der Waals surface area contributed by atoms with Gasteiger partial charge in [-0.3, -0.25) is 24.8 Å². The number of alkyl halides is 2. The summed E-state index contributed by atoms with van der Waals surface area (Å²) >= 11 is 11.8. The van der Waals surface area contributed by atoms with Crippen LogP contribution in [0.5, 0.6) is 0 Å². The first-order valence-electron chi connectivity index (χ1n) is 13.0. The first-order chi connectivity index (χ1) is 18.1. The molecule has 1 heterocycles. The van der Waals surface area contributed by atoms with Crippen LogP contribution in [-0.2, 0) is 24.0 Å². The highest BCUT2D eigenvalue weighted by molar-refractivity contribution is 6.44. The molecule has 1 aliphatic rings. The molecular weight excluding hydrogens is 531 g/mol. The Hall–Kier alpha value is -2.17. The van der Waals surface area contributed by atoms with Crippen LogP contribution < -0.4 is 16.6 Å². The zero-order valence-electron chi connectivity index (χ0n) is 22.3. The number of halogens is 2. The molecule has 4 atom stereocenters. The Morgan fingerprint density at radius 2 is 1.84 bits per heavy atom. The fraction of sp³-hybridized carbons (Fsp3) is 0.593. The Balaban J connectivity index is 2.28. The van der Waals surface area contributed by atoms with Crippen molar-refractivity contribution in [3.8, 4) is 0 Å². The predicted molar refractivity (Wildman–Crippen MR) is 148 cm³/mol.